The molecule has 20 heavy (non-hydrogen) atoms. The van der Waals surface area contributed by atoms with E-state index in [1.807, 2.05) is 4.90 Å². The maximum absolute atomic E-state index is 11.9. The van der Waals surface area contributed by atoms with Gasteiger partial charge in [-0.3, -0.25) is 15.0 Å². The Bertz CT molecular complexity index is 460. The number of nitrogens with zero attached hydrogens (tertiary/aromatic N) is 5. The van der Waals surface area contributed by atoms with Crippen molar-refractivity contribution in [3.63, 3.8) is 0 Å². The molecule has 1 aromatic rings. The van der Waals surface area contributed by atoms with Crippen molar-refractivity contribution in [2.45, 2.75) is 6.42 Å². The average molecular weight is 280 g/mol. The van der Waals surface area contributed by atoms with Crippen LogP contribution in [0.1, 0.15) is 6.42 Å². The number of carbonyl (C=O) groups excluding carboxylic acids is 1. The summed E-state index contributed by atoms with van der Waals surface area (Å²) >= 11 is 0. The van der Waals surface area contributed by atoms with Gasteiger partial charge < -0.3 is 10.0 Å². The van der Waals surface area contributed by atoms with Gasteiger partial charge in [0.05, 0.1) is 18.8 Å². The second-order valence-corrected chi connectivity index (χ2v) is 4.37. The smallest absolute Gasteiger partial charge is 0.324 e. The van der Waals surface area contributed by atoms with Crippen LogP contribution in [0.25, 0.3) is 0 Å². The SMILES string of the molecule is O=C(O)CCN1CCN(C(=O)Nc2nccnn2)CC1. The third-order valence-corrected chi connectivity index (χ3v) is 3.00. The molecule has 1 aliphatic rings. The molecule has 1 fully saturated rings. The van der Waals surface area contributed by atoms with Gasteiger partial charge >= 0.3 is 12.0 Å². The van der Waals surface area contributed by atoms with Gasteiger partial charge in [0.1, 0.15) is 0 Å². The first kappa shape index (κ1) is 14.1. The van der Waals surface area contributed by atoms with E-state index in [9.17, 15) is 9.59 Å². The number of nitrogens with one attached hydrogen (secondary N) is 1. The molecule has 9 nitrogen and oxygen atoms in total. The lowest BCUT2D eigenvalue weighted by atomic mass is 10.3. The fourth-order valence-electron chi connectivity index (χ4n) is 1.91. The van der Waals surface area contributed by atoms with Crippen molar-refractivity contribution in [3.05, 3.63) is 12.4 Å². The van der Waals surface area contributed by atoms with Crippen LogP contribution in [0.15, 0.2) is 12.4 Å². The van der Waals surface area contributed by atoms with Gasteiger partial charge in [-0.25, -0.2) is 9.78 Å². The van der Waals surface area contributed by atoms with Gasteiger partial charge in [-0.05, 0) is 0 Å². The van der Waals surface area contributed by atoms with Crippen LogP contribution in [-0.2, 0) is 4.79 Å². The standard InChI is InChI=1S/C11H16N6O3/c18-9(19)1-4-16-5-7-17(8-6-16)11(20)14-10-12-2-3-13-15-10/h2-3H,1,4-8H2,(H,18,19)(H,12,14,15,20). The summed E-state index contributed by atoms with van der Waals surface area (Å²) in [5.41, 5.74) is 0. The lowest BCUT2D eigenvalue weighted by Crippen LogP contribution is -2.50. The number of aromatic nitrogens is 3. The molecular formula is C11H16N6O3. The second-order valence-electron chi connectivity index (χ2n) is 4.37. The average Bonchev–Trinajstić information content (AvgIpc) is 2.46. The number of rotatable bonds is 4. The molecule has 2 N–H and O–H groups in total. The van der Waals surface area contributed by atoms with E-state index in [0.29, 0.717) is 32.7 Å². The number of piperazine rings is 1. The van der Waals surface area contributed by atoms with Crippen molar-refractivity contribution in [2.75, 3.05) is 38.0 Å². The predicted molar refractivity (Wildman–Crippen MR) is 69.1 cm³/mol. The predicted octanol–water partition coefficient (Wildman–Crippen LogP) is -0.504. The van der Waals surface area contributed by atoms with Crippen LogP contribution in [-0.4, -0.2) is 74.8 Å². The highest BCUT2D eigenvalue weighted by atomic mass is 16.4. The van der Waals surface area contributed by atoms with Gasteiger partial charge in [0.25, 0.3) is 5.95 Å². The molecule has 0 bridgehead atoms. The number of carboxylic acid groups (broad SMARTS) is 1. The quantitative estimate of drug-likeness (QED) is 0.764. The molecule has 2 rings (SSSR count). The molecule has 2 amide bonds. The number of urea groups is 1. The van der Waals surface area contributed by atoms with Crippen molar-refractivity contribution in [1.82, 2.24) is 25.0 Å². The van der Waals surface area contributed by atoms with Crippen LogP contribution in [0, 0.1) is 0 Å². The molecule has 1 saturated heterocycles. The fraction of sp³-hybridized carbons (Fsp3) is 0.545. The zero-order chi connectivity index (χ0) is 14.4. The zero-order valence-electron chi connectivity index (χ0n) is 10.9. The highest BCUT2D eigenvalue weighted by Gasteiger charge is 2.21. The molecule has 0 radical (unpaired) electrons. The summed E-state index contributed by atoms with van der Waals surface area (Å²) in [7, 11) is 0. The topological polar surface area (TPSA) is 112 Å². The lowest BCUT2D eigenvalue weighted by molar-refractivity contribution is -0.137. The zero-order valence-corrected chi connectivity index (χ0v) is 10.9. The Balaban J connectivity index is 1.76. The summed E-state index contributed by atoms with van der Waals surface area (Å²) in [5, 5.41) is 18.5. The summed E-state index contributed by atoms with van der Waals surface area (Å²) in [4.78, 5) is 30.0. The first-order valence-corrected chi connectivity index (χ1v) is 6.29. The van der Waals surface area contributed by atoms with Crippen LogP contribution >= 0.6 is 0 Å². The van der Waals surface area contributed by atoms with E-state index >= 15 is 0 Å². The third kappa shape index (κ3) is 4.12. The van der Waals surface area contributed by atoms with Crippen molar-refractivity contribution < 1.29 is 14.7 Å². The number of carbonyl (C=O) groups is 2. The van der Waals surface area contributed by atoms with Gasteiger partial charge in [-0.15, -0.1) is 5.10 Å². The number of carboxylic acids is 1. The molecule has 0 aliphatic carbocycles. The summed E-state index contributed by atoms with van der Waals surface area (Å²) in [6.07, 6.45) is 3.00. The van der Waals surface area contributed by atoms with Crippen molar-refractivity contribution in [1.29, 1.82) is 0 Å². The van der Waals surface area contributed by atoms with Gasteiger partial charge in [0, 0.05) is 32.7 Å². The van der Waals surface area contributed by atoms with Crippen LogP contribution < -0.4 is 5.32 Å². The first-order valence-electron chi connectivity index (χ1n) is 6.29. The van der Waals surface area contributed by atoms with E-state index in [1.54, 1.807) is 4.90 Å². The number of hydrogen-bond acceptors (Lipinski definition) is 6. The molecule has 0 spiro atoms. The monoisotopic (exact) mass is 280 g/mol. The second kappa shape index (κ2) is 6.75. The Morgan fingerprint density at radius 1 is 1.25 bits per heavy atom. The molecule has 108 valence electrons. The van der Waals surface area contributed by atoms with E-state index in [-0.39, 0.29) is 18.4 Å². The van der Waals surface area contributed by atoms with E-state index in [0.717, 1.165) is 0 Å². The minimum Gasteiger partial charge on any atom is -0.481 e. The molecule has 9 heteroatoms. The van der Waals surface area contributed by atoms with E-state index in [4.69, 9.17) is 5.11 Å². The van der Waals surface area contributed by atoms with E-state index < -0.39 is 5.97 Å². The largest absolute Gasteiger partial charge is 0.481 e. The number of anilines is 1. The van der Waals surface area contributed by atoms with E-state index in [2.05, 4.69) is 20.5 Å². The van der Waals surface area contributed by atoms with Gasteiger partial charge in [0.15, 0.2) is 0 Å². The summed E-state index contributed by atoms with van der Waals surface area (Å²) in [6.45, 7) is 2.93. The lowest BCUT2D eigenvalue weighted by Gasteiger charge is -2.34. The van der Waals surface area contributed by atoms with E-state index in [1.165, 1.54) is 12.4 Å². The fourth-order valence-corrected chi connectivity index (χ4v) is 1.91. The number of hydrogen-bond donors (Lipinski definition) is 2. The van der Waals surface area contributed by atoms with Crippen LogP contribution in [0.2, 0.25) is 0 Å². The minimum atomic E-state index is -0.807. The Kier molecular flexibility index (Phi) is 4.77. The Hall–Kier alpha value is -2.29. The maximum Gasteiger partial charge on any atom is 0.324 e. The number of amides is 2. The van der Waals surface area contributed by atoms with Crippen LogP contribution in [0.4, 0.5) is 10.7 Å². The molecule has 0 unspecified atom stereocenters. The summed E-state index contributed by atoms with van der Waals surface area (Å²) < 4.78 is 0. The highest BCUT2D eigenvalue weighted by Crippen LogP contribution is 2.05. The van der Waals surface area contributed by atoms with Gasteiger partial charge in [-0.1, -0.05) is 0 Å². The number of aliphatic carboxylic acids is 1. The van der Waals surface area contributed by atoms with Crippen molar-refractivity contribution >= 4 is 17.9 Å². The third-order valence-electron chi connectivity index (χ3n) is 3.00. The van der Waals surface area contributed by atoms with Crippen molar-refractivity contribution in [2.24, 2.45) is 0 Å². The highest BCUT2D eigenvalue weighted by molar-refractivity contribution is 5.87. The first-order chi connectivity index (χ1) is 9.65. The van der Waals surface area contributed by atoms with Gasteiger partial charge in [-0.2, -0.15) is 5.10 Å². The minimum absolute atomic E-state index is 0.121. The Morgan fingerprint density at radius 2 is 2.00 bits per heavy atom. The molecular weight excluding hydrogens is 264 g/mol. The molecule has 1 aliphatic heterocycles. The Labute approximate surface area is 115 Å². The molecule has 0 atom stereocenters. The maximum atomic E-state index is 11.9. The molecule has 2 heterocycles. The van der Waals surface area contributed by atoms with Crippen LogP contribution in [0.5, 0.6) is 0 Å². The molecule has 0 saturated carbocycles. The van der Waals surface area contributed by atoms with Crippen LogP contribution in [0.3, 0.4) is 0 Å². The molecule has 1 aromatic heterocycles. The summed E-state index contributed by atoms with van der Waals surface area (Å²) in [5.74, 6) is -0.635. The Morgan fingerprint density at radius 3 is 2.60 bits per heavy atom. The molecule has 0 aromatic carbocycles. The summed E-state index contributed by atoms with van der Waals surface area (Å²) in [6, 6.07) is -0.268. The van der Waals surface area contributed by atoms with Crippen molar-refractivity contribution in [3.8, 4) is 0 Å². The van der Waals surface area contributed by atoms with Gasteiger partial charge in [0.2, 0.25) is 0 Å². The normalized spacial score (nSPS) is 15.9.